The molecule has 1 aliphatic carbocycles. The van der Waals surface area contributed by atoms with E-state index in [4.69, 9.17) is 28.3 Å². The van der Waals surface area contributed by atoms with E-state index < -0.39 is 5.97 Å². The number of carboxylic acids is 1. The van der Waals surface area contributed by atoms with Crippen molar-refractivity contribution < 1.29 is 14.7 Å². The van der Waals surface area contributed by atoms with Gasteiger partial charge in [0.05, 0.1) is 16.6 Å². The number of piperidine rings is 1. The van der Waals surface area contributed by atoms with Crippen LogP contribution in [-0.4, -0.2) is 59.5 Å². The molecule has 1 heterocycles. The Morgan fingerprint density at radius 3 is 2.60 bits per heavy atom. The molecule has 1 aromatic rings. The van der Waals surface area contributed by atoms with Crippen LogP contribution in [-0.2, 0) is 9.59 Å². The van der Waals surface area contributed by atoms with E-state index in [1.807, 2.05) is 29.0 Å². The zero-order valence-corrected chi connectivity index (χ0v) is 15.6. The van der Waals surface area contributed by atoms with E-state index in [2.05, 4.69) is 0 Å². The van der Waals surface area contributed by atoms with Crippen molar-refractivity contribution in [2.45, 2.75) is 31.2 Å². The number of amides is 1. The number of benzene rings is 1. The molecule has 2 atom stereocenters. The molecule has 1 saturated heterocycles. The Hall–Kier alpha value is -1.30. The summed E-state index contributed by atoms with van der Waals surface area (Å²) >= 11 is 12.3. The topological polar surface area (TPSA) is 60.9 Å². The summed E-state index contributed by atoms with van der Waals surface area (Å²) < 4.78 is 0. The number of aliphatic carboxylic acids is 1. The average Bonchev–Trinajstić information content (AvgIpc) is 3.36. The lowest BCUT2D eigenvalue weighted by Gasteiger charge is -2.36. The van der Waals surface area contributed by atoms with E-state index >= 15 is 0 Å². The molecule has 25 heavy (non-hydrogen) atoms. The highest BCUT2D eigenvalue weighted by Crippen LogP contribution is 2.51. The number of likely N-dealkylation sites (N-methyl/N-ethyl adjacent to an activating group) is 1. The van der Waals surface area contributed by atoms with Gasteiger partial charge in [-0.15, -0.1) is 0 Å². The summed E-state index contributed by atoms with van der Waals surface area (Å²) in [6, 6.07) is 5.79. The highest BCUT2D eigenvalue weighted by atomic mass is 35.5. The first-order valence-electron chi connectivity index (χ1n) is 8.53. The Morgan fingerprint density at radius 2 is 1.96 bits per heavy atom. The van der Waals surface area contributed by atoms with Crippen molar-refractivity contribution in [1.82, 2.24) is 9.80 Å². The van der Waals surface area contributed by atoms with Crippen molar-refractivity contribution >= 4 is 35.1 Å². The predicted octanol–water partition coefficient (Wildman–Crippen LogP) is 3.10. The number of hydrogen-bond donors (Lipinski definition) is 1. The maximum atomic E-state index is 12.7. The smallest absolute Gasteiger partial charge is 0.317 e. The maximum Gasteiger partial charge on any atom is 0.317 e. The lowest BCUT2D eigenvalue weighted by molar-refractivity contribution is -0.140. The summed E-state index contributed by atoms with van der Waals surface area (Å²) in [7, 11) is 1.83. The first kappa shape index (κ1) is 18.5. The number of carbonyl (C=O) groups excluding carboxylic acids is 1. The largest absolute Gasteiger partial charge is 0.480 e. The molecule has 1 saturated carbocycles. The Morgan fingerprint density at radius 1 is 1.28 bits per heavy atom. The number of likely N-dealkylation sites (tertiary alicyclic amines) is 1. The number of hydrogen-bond acceptors (Lipinski definition) is 3. The third-order valence-corrected chi connectivity index (χ3v) is 6.11. The van der Waals surface area contributed by atoms with Gasteiger partial charge in [0.15, 0.2) is 0 Å². The van der Waals surface area contributed by atoms with Crippen molar-refractivity contribution in [3.05, 3.63) is 33.8 Å². The Balaban J connectivity index is 1.54. The molecule has 3 rings (SSSR count). The molecule has 2 aliphatic rings. The van der Waals surface area contributed by atoms with Crippen molar-refractivity contribution in [1.29, 1.82) is 0 Å². The fourth-order valence-electron chi connectivity index (χ4n) is 3.72. The van der Waals surface area contributed by atoms with Crippen LogP contribution in [0, 0.1) is 5.92 Å². The van der Waals surface area contributed by atoms with Gasteiger partial charge in [0, 0.05) is 25.0 Å². The molecular formula is C18H22Cl2N2O3. The monoisotopic (exact) mass is 384 g/mol. The summed E-state index contributed by atoms with van der Waals surface area (Å²) in [4.78, 5) is 27.3. The van der Waals surface area contributed by atoms with Gasteiger partial charge in [0.25, 0.3) is 0 Å². The molecule has 5 nitrogen and oxygen atoms in total. The summed E-state index contributed by atoms with van der Waals surface area (Å²) in [6.45, 7) is 1.40. The lowest BCUT2D eigenvalue weighted by atomic mass is 10.0. The van der Waals surface area contributed by atoms with Crippen LogP contribution in [0.4, 0.5) is 0 Å². The van der Waals surface area contributed by atoms with Gasteiger partial charge < -0.3 is 10.0 Å². The van der Waals surface area contributed by atoms with Crippen LogP contribution in [0.1, 0.15) is 30.7 Å². The average molecular weight is 385 g/mol. The molecule has 2 fully saturated rings. The van der Waals surface area contributed by atoms with Crippen molar-refractivity contribution in [3.8, 4) is 0 Å². The quantitative estimate of drug-likeness (QED) is 0.846. The van der Waals surface area contributed by atoms with E-state index in [9.17, 15) is 9.59 Å². The minimum atomic E-state index is -0.819. The van der Waals surface area contributed by atoms with Gasteiger partial charge in [-0.3, -0.25) is 14.5 Å². The molecule has 0 aromatic heterocycles. The molecule has 7 heteroatoms. The first-order chi connectivity index (χ1) is 11.9. The molecule has 2 unspecified atom stereocenters. The van der Waals surface area contributed by atoms with Gasteiger partial charge in [0.2, 0.25) is 5.91 Å². The van der Waals surface area contributed by atoms with Crippen LogP contribution in [0.2, 0.25) is 10.0 Å². The molecule has 1 N–H and O–H groups in total. The van der Waals surface area contributed by atoms with Crippen LogP contribution in [0.5, 0.6) is 0 Å². The molecule has 1 aliphatic heterocycles. The van der Waals surface area contributed by atoms with Crippen molar-refractivity contribution in [2.75, 3.05) is 26.7 Å². The molecule has 1 aromatic carbocycles. The second-order valence-electron chi connectivity index (χ2n) is 6.96. The van der Waals surface area contributed by atoms with Gasteiger partial charge in [0.1, 0.15) is 0 Å². The van der Waals surface area contributed by atoms with Crippen LogP contribution >= 0.6 is 23.2 Å². The highest BCUT2D eigenvalue weighted by molar-refractivity contribution is 6.42. The summed E-state index contributed by atoms with van der Waals surface area (Å²) in [5.74, 6) is -0.490. The maximum absolute atomic E-state index is 12.7. The molecule has 0 bridgehead atoms. The minimum Gasteiger partial charge on any atom is -0.480 e. The number of nitrogens with zero attached hydrogens (tertiary/aromatic N) is 2. The summed E-state index contributed by atoms with van der Waals surface area (Å²) in [5.41, 5.74) is 0.962. The van der Waals surface area contributed by atoms with E-state index in [-0.39, 0.29) is 30.3 Å². The summed E-state index contributed by atoms with van der Waals surface area (Å²) in [6.07, 6.45) is 2.44. The van der Waals surface area contributed by atoms with Gasteiger partial charge in [-0.1, -0.05) is 35.3 Å². The zero-order chi connectivity index (χ0) is 18.1. The molecule has 1 amide bonds. The van der Waals surface area contributed by atoms with Crippen LogP contribution in [0.25, 0.3) is 0 Å². The van der Waals surface area contributed by atoms with Gasteiger partial charge in [-0.05, 0) is 43.9 Å². The van der Waals surface area contributed by atoms with Gasteiger partial charge in [-0.25, -0.2) is 0 Å². The van der Waals surface area contributed by atoms with Crippen LogP contribution < -0.4 is 0 Å². The van der Waals surface area contributed by atoms with Crippen molar-refractivity contribution in [3.63, 3.8) is 0 Å². The molecular weight excluding hydrogens is 363 g/mol. The summed E-state index contributed by atoms with van der Waals surface area (Å²) in [5, 5.41) is 9.97. The van der Waals surface area contributed by atoms with Crippen LogP contribution in [0.3, 0.4) is 0 Å². The van der Waals surface area contributed by atoms with Gasteiger partial charge >= 0.3 is 5.97 Å². The van der Waals surface area contributed by atoms with E-state index in [1.54, 1.807) is 6.07 Å². The second-order valence-corrected chi connectivity index (χ2v) is 7.74. The van der Waals surface area contributed by atoms with Gasteiger partial charge in [-0.2, -0.15) is 0 Å². The normalized spacial score (nSPS) is 23.8. The second kappa shape index (κ2) is 7.52. The van der Waals surface area contributed by atoms with E-state index in [0.29, 0.717) is 23.1 Å². The van der Waals surface area contributed by atoms with Crippen LogP contribution in [0.15, 0.2) is 18.2 Å². The third kappa shape index (κ3) is 4.10. The van der Waals surface area contributed by atoms with E-state index in [1.165, 1.54) is 0 Å². The Labute approximate surface area is 157 Å². The first-order valence-corrected chi connectivity index (χ1v) is 9.28. The minimum absolute atomic E-state index is 0.00994. The number of carboxylic acid groups (broad SMARTS) is 1. The molecule has 0 radical (unpaired) electrons. The standard InChI is InChI=1S/C18H22Cl2N2O3/c1-21(10-16(23)24)11-5-7-22(8-6-11)18(25)14-9-13(14)12-3-2-4-15(19)17(12)20/h2-4,11,13-14H,5-10H2,1H3,(H,23,24). The third-order valence-electron chi connectivity index (χ3n) is 5.27. The SMILES string of the molecule is CN(CC(=O)O)C1CCN(C(=O)C2CC2c2cccc(Cl)c2Cl)CC1. The molecule has 136 valence electrons. The Kier molecular flexibility index (Phi) is 5.56. The van der Waals surface area contributed by atoms with E-state index in [0.717, 1.165) is 24.8 Å². The number of carbonyl (C=O) groups is 2. The molecule has 0 spiro atoms. The number of rotatable bonds is 5. The predicted molar refractivity (Wildman–Crippen MR) is 97.2 cm³/mol. The fraction of sp³-hybridized carbons (Fsp3) is 0.556. The number of halogens is 2. The lowest BCUT2D eigenvalue weighted by Crippen LogP contribution is -2.47. The highest BCUT2D eigenvalue weighted by Gasteiger charge is 2.47. The Bertz CT molecular complexity index is 674. The zero-order valence-electron chi connectivity index (χ0n) is 14.1. The van der Waals surface area contributed by atoms with Crippen molar-refractivity contribution in [2.24, 2.45) is 5.92 Å². The fourth-order valence-corrected chi connectivity index (χ4v) is 4.17.